The zero-order valence-electron chi connectivity index (χ0n) is 16.5. The van der Waals surface area contributed by atoms with Gasteiger partial charge in [0.05, 0.1) is 13.1 Å². The zero-order valence-corrected chi connectivity index (χ0v) is 20.9. The molecule has 3 aromatic rings. The van der Waals surface area contributed by atoms with Crippen LogP contribution in [0.3, 0.4) is 0 Å². The van der Waals surface area contributed by atoms with Crippen molar-refractivity contribution in [3.05, 3.63) is 54.7 Å². The van der Waals surface area contributed by atoms with Gasteiger partial charge < -0.3 is 20.8 Å². The minimum Gasteiger partial charge on any atom is -0.480 e. The molecule has 166 valence electrons. The highest BCUT2D eigenvalue weighted by atomic mass is 127. The van der Waals surface area contributed by atoms with Crippen molar-refractivity contribution in [3.8, 4) is 22.8 Å². The number of rotatable bonds is 10. The fourth-order valence-electron chi connectivity index (χ4n) is 2.85. The van der Waals surface area contributed by atoms with E-state index in [1.54, 1.807) is 0 Å². The van der Waals surface area contributed by atoms with Gasteiger partial charge in [-0.15, -0.1) is 20.4 Å². The molecule has 0 aliphatic rings. The Balaban J connectivity index is 1.78. The fourth-order valence-corrected chi connectivity index (χ4v) is 4.32. The van der Waals surface area contributed by atoms with Crippen LogP contribution in [0.15, 0.2) is 36.4 Å². The van der Waals surface area contributed by atoms with Crippen molar-refractivity contribution in [1.82, 2.24) is 31.0 Å². The Hall–Kier alpha value is -2.30. The molecular formula is C20H18I2N6O4. The van der Waals surface area contributed by atoms with Crippen LogP contribution in [0, 0.1) is 7.14 Å². The van der Waals surface area contributed by atoms with E-state index in [0.717, 1.165) is 29.4 Å². The van der Waals surface area contributed by atoms with Crippen molar-refractivity contribution in [2.45, 2.75) is 13.1 Å². The number of carbonyl (C=O) groups is 2. The number of carboxylic acids is 2. The van der Waals surface area contributed by atoms with Crippen LogP contribution in [0.2, 0.25) is 0 Å². The SMILES string of the molecule is O=C(O)CNCc1cc(I)cc(-c2nnc(-c3cc([125I])cc(CNCC(=O)O)c3)nn2)c1. The van der Waals surface area contributed by atoms with Crippen LogP contribution in [0.25, 0.3) is 22.8 Å². The first-order valence-electron chi connectivity index (χ1n) is 9.32. The Labute approximate surface area is 210 Å². The molecule has 0 bridgehead atoms. The normalized spacial score (nSPS) is 10.8. The Bertz CT molecular complexity index is 1040. The van der Waals surface area contributed by atoms with E-state index in [-0.39, 0.29) is 13.1 Å². The van der Waals surface area contributed by atoms with Crippen molar-refractivity contribution in [2.24, 2.45) is 0 Å². The van der Waals surface area contributed by atoms with Crippen LogP contribution in [0.5, 0.6) is 0 Å². The van der Waals surface area contributed by atoms with Gasteiger partial charge in [0.15, 0.2) is 0 Å². The van der Waals surface area contributed by atoms with E-state index in [9.17, 15) is 9.59 Å². The van der Waals surface area contributed by atoms with E-state index < -0.39 is 11.9 Å². The third-order valence-corrected chi connectivity index (χ3v) is 5.37. The molecule has 0 saturated heterocycles. The van der Waals surface area contributed by atoms with Gasteiger partial charge >= 0.3 is 11.9 Å². The average Bonchev–Trinajstić information content (AvgIpc) is 2.72. The van der Waals surface area contributed by atoms with Gasteiger partial charge in [-0.05, 0) is 92.7 Å². The molecule has 0 amide bonds. The Morgan fingerprint density at radius 3 is 1.75 bits per heavy atom. The molecule has 0 spiro atoms. The van der Waals surface area contributed by atoms with Crippen molar-refractivity contribution in [1.29, 1.82) is 0 Å². The smallest absolute Gasteiger partial charge is 0.317 e. The fraction of sp³-hybridized carbons (Fsp3) is 0.200. The number of aromatic nitrogens is 4. The van der Waals surface area contributed by atoms with Crippen LogP contribution < -0.4 is 10.6 Å². The zero-order chi connectivity index (χ0) is 23.1. The molecule has 0 saturated carbocycles. The molecule has 1 heterocycles. The summed E-state index contributed by atoms with van der Waals surface area (Å²) < 4.78 is 1.91. The summed E-state index contributed by atoms with van der Waals surface area (Å²) in [5.74, 6) is -1.11. The van der Waals surface area contributed by atoms with Gasteiger partial charge in [0.25, 0.3) is 0 Å². The maximum atomic E-state index is 10.7. The van der Waals surface area contributed by atoms with Gasteiger partial charge in [-0.25, -0.2) is 0 Å². The minimum atomic E-state index is -0.917. The number of hydrogen-bond donors (Lipinski definition) is 4. The number of hydrogen-bond acceptors (Lipinski definition) is 8. The van der Waals surface area contributed by atoms with E-state index in [4.69, 9.17) is 10.2 Å². The van der Waals surface area contributed by atoms with Gasteiger partial charge in [-0.1, -0.05) is 0 Å². The van der Waals surface area contributed by atoms with Gasteiger partial charge in [0.2, 0.25) is 11.6 Å². The highest BCUT2D eigenvalue weighted by Crippen LogP contribution is 2.22. The molecule has 32 heavy (non-hydrogen) atoms. The Morgan fingerprint density at radius 1 is 0.781 bits per heavy atom. The van der Waals surface area contributed by atoms with Crippen molar-refractivity contribution < 1.29 is 19.8 Å². The molecule has 0 unspecified atom stereocenters. The summed E-state index contributed by atoms with van der Waals surface area (Å²) in [6.07, 6.45) is 0. The summed E-state index contributed by atoms with van der Waals surface area (Å²) in [5, 5.41) is 40.1. The molecule has 0 fully saturated rings. The molecule has 0 aliphatic carbocycles. The first-order valence-corrected chi connectivity index (χ1v) is 11.5. The van der Waals surface area contributed by atoms with Crippen LogP contribution in [0.1, 0.15) is 11.1 Å². The Kier molecular flexibility index (Phi) is 8.77. The second-order valence-corrected chi connectivity index (χ2v) is 9.23. The first kappa shape index (κ1) is 24.3. The standard InChI is InChI=1S/C20H18I2N6O4/c21-15-3-11(7-23-9-17(29)30)1-13(5-15)19-25-27-20(28-26-19)14-2-12(4-16(22)6-14)8-24-10-18(31)32/h1-6,23-24H,7-10H2,(H,29,30)(H,31,32)/i21-2. The van der Waals surface area contributed by atoms with Crippen molar-refractivity contribution in [2.75, 3.05) is 13.1 Å². The molecule has 1 aromatic heterocycles. The molecule has 10 nitrogen and oxygen atoms in total. The number of nitrogens with one attached hydrogen (secondary N) is 2. The second-order valence-electron chi connectivity index (χ2n) is 6.74. The van der Waals surface area contributed by atoms with Crippen molar-refractivity contribution >= 4 is 57.1 Å². The Morgan fingerprint density at radius 2 is 1.25 bits per heavy atom. The molecule has 4 N–H and O–H groups in total. The molecular weight excluding hydrogens is 640 g/mol. The van der Waals surface area contributed by atoms with Gasteiger partial charge in [-0.2, -0.15) is 0 Å². The average molecular weight is 658 g/mol. The largest absolute Gasteiger partial charge is 0.480 e. The lowest BCUT2D eigenvalue weighted by atomic mass is 10.1. The second kappa shape index (κ2) is 11.5. The van der Waals surface area contributed by atoms with E-state index >= 15 is 0 Å². The highest BCUT2D eigenvalue weighted by molar-refractivity contribution is 14.1. The number of nitrogens with zero attached hydrogens (tertiary/aromatic N) is 4. The molecule has 0 aliphatic heterocycles. The van der Waals surface area contributed by atoms with Crippen molar-refractivity contribution in [3.63, 3.8) is 0 Å². The molecule has 0 radical (unpaired) electrons. The quantitative estimate of drug-likeness (QED) is 0.239. The summed E-state index contributed by atoms with van der Waals surface area (Å²) in [5.41, 5.74) is 3.27. The summed E-state index contributed by atoms with van der Waals surface area (Å²) >= 11 is 4.35. The number of carboxylic acid groups (broad SMARTS) is 2. The third-order valence-electron chi connectivity index (χ3n) is 4.12. The van der Waals surface area contributed by atoms with Crippen LogP contribution in [-0.2, 0) is 22.7 Å². The van der Waals surface area contributed by atoms with Crippen LogP contribution >= 0.6 is 45.2 Å². The topological polar surface area (TPSA) is 150 Å². The summed E-state index contributed by atoms with van der Waals surface area (Å²) in [6, 6.07) is 11.4. The van der Waals surface area contributed by atoms with E-state index in [2.05, 4.69) is 76.2 Å². The monoisotopic (exact) mass is 658 g/mol. The lowest BCUT2D eigenvalue weighted by Crippen LogP contribution is -2.21. The van der Waals surface area contributed by atoms with Crippen LogP contribution in [-0.4, -0.2) is 55.6 Å². The van der Waals surface area contributed by atoms with Gasteiger partial charge in [0, 0.05) is 31.4 Å². The predicted octanol–water partition coefficient (Wildman–Crippen LogP) is 2.16. The number of halogens is 2. The first-order chi connectivity index (χ1) is 15.3. The maximum Gasteiger partial charge on any atom is 0.317 e. The van der Waals surface area contributed by atoms with Gasteiger partial charge in [-0.3, -0.25) is 9.59 Å². The summed E-state index contributed by atoms with van der Waals surface area (Å²) in [7, 11) is 0. The number of benzene rings is 2. The molecule has 2 aromatic carbocycles. The van der Waals surface area contributed by atoms with Crippen LogP contribution in [0.4, 0.5) is 0 Å². The summed E-state index contributed by atoms with van der Waals surface area (Å²) in [6.45, 7) is 0.546. The third kappa shape index (κ3) is 7.39. The van der Waals surface area contributed by atoms with E-state index in [1.807, 2.05) is 36.4 Å². The molecule has 12 heteroatoms. The number of aliphatic carboxylic acids is 2. The molecule has 3 rings (SSSR count). The summed E-state index contributed by atoms with van der Waals surface area (Å²) in [4.78, 5) is 21.4. The lowest BCUT2D eigenvalue weighted by Gasteiger charge is -2.08. The highest BCUT2D eigenvalue weighted by Gasteiger charge is 2.11. The van der Waals surface area contributed by atoms with Gasteiger partial charge in [0.1, 0.15) is 0 Å². The van der Waals surface area contributed by atoms with E-state index in [1.165, 1.54) is 0 Å². The van der Waals surface area contributed by atoms with E-state index in [0.29, 0.717) is 24.7 Å². The lowest BCUT2D eigenvalue weighted by molar-refractivity contribution is -0.137. The predicted molar refractivity (Wildman–Crippen MR) is 133 cm³/mol. The maximum absolute atomic E-state index is 10.7. The minimum absolute atomic E-state index is 0.126. The molecule has 0 atom stereocenters.